The number of fused-ring (bicyclic) bond motifs is 1. The van der Waals surface area contributed by atoms with E-state index in [0.717, 1.165) is 26.9 Å². The van der Waals surface area contributed by atoms with E-state index in [1.165, 1.54) is 22.5 Å². The second-order valence-electron chi connectivity index (χ2n) is 5.78. The van der Waals surface area contributed by atoms with Crippen LogP contribution in [0.15, 0.2) is 48.5 Å². The zero-order valence-corrected chi connectivity index (χ0v) is 14.3. The molecule has 0 radical (unpaired) electrons. The van der Waals surface area contributed by atoms with Gasteiger partial charge in [-0.3, -0.25) is 0 Å². The third-order valence-electron chi connectivity index (χ3n) is 3.70. The number of benzene rings is 2. The predicted molar refractivity (Wildman–Crippen MR) is 98.9 cm³/mol. The van der Waals surface area contributed by atoms with Crippen molar-refractivity contribution in [2.75, 3.05) is 0 Å². The highest BCUT2D eigenvalue weighted by molar-refractivity contribution is 7.17. The van der Waals surface area contributed by atoms with Gasteiger partial charge in [-0.2, -0.15) is 9.61 Å². The Morgan fingerprint density at radius 2 is 1.67 bits per heavy atom. The second kappa shape index (κ2) is 6.02. The molecule has 2 aromatic heterocycles. The molecule has 4 aromatic rings. The minimum absolute atomic E-state index is 0.785. The van der Waals surface area contributed by atoms with Crippen LogP contribution in [0.2, 0.25) is 0 Å². The molecule has 0 spiro atoms. The van der Waals surface area contributed by atoms with Crippen LogP contribution < -0.4 is 0 Å². The summed E-state index contributed by atoms with van der Waals surface area (Å²) in [6.07, 6.45) is 4.07. The van der Waals surface area contributed by atoms with E-state index in [4.69, 9.17) is 0 Å². The third-order valence-corrected chi connectivity index (χ3v) is 4.57. The molecule has 0 bridgehead atoms. The minimum atomic E-state index is 0.785. The van der Waals surface area contributed by atoms with Crippen LogP contribution in [0.1, 0.15) is 21.7 Å². The normalized spacial score (nSPS) is 11.6. The van der Waals surface area contributed by atoms with Crippen molar-refractivity contribution in [3.8, 4) is 11.4 Å². The van der Waals surface area contributed by atoms with Crippen LogP contribution in [0.4, 0.5) is 0 Å². The molecule has 0 fully saturated rings. The Kier molecular flexibility index (Phi) is 3.70. The van der Waals surface area contributed by atoms with Gasteiger partial charge in [-0.25, -0.2) is 0 Å². The van der Waals surface area contributed by atoms with Gasteiger partial charge in [-0.05, 0) is 37.6 Å². The van der Waals surface area contributed by atoms with Crippen molar-refractivity contribution in [2.24, 2.45) is 0 Å². The maximum atomic E-state index is 4.65. The Morgan fingerprint density at radius 3 is 2.42 bits per heavy atom. The molecule has 0 aliphatic carbocycles. The van der Waals surface area contributed by atoms with Crippen LogP contribution in [0.5, 0.6) is 0 Å². The van der Waals surface area contributed by atoms with Crippen LogP contribution in [0.3, 0.4) is 0 Å². The predicted octanol–water partition coefficient (Wildman–Crippen LogP) is 4.64. The van der Waals surface area contributed by atoms with E-state index < -0.39 is 0 Å². The van der Waals surface area contributed by atoms with Gasteiger partial charge < -0.3 is 0 Å². The lowest BCUT2D eigenvalue weighted by Crippen LogP contribution is -1.92. The summed E-state index contributed by atoms with van der Waals surface area (Å²) in [6, 6.07) is 16.6. The van der Waals surface area contributed by atoms with Gasteiger partial charge in [0.05, 0.1) is 0 Å². The van der Waals surface area contributed by atoms with Gasteiger partial charge in [0.15, 0.2) is 5.82 Å². The van der Waals surface area contributed by atoms with Crippen LogP contribution in [-0.2, 0) is 0 Å². The molecule has 0 atom stereocenters. The number of hydrogen-bond donors (Lipinski definition) is 0. The van der Waals surface area contributed by atoms with Crippen LogP contribution in [-0.4, -0.2) is 19.8 Å². The Labute approximate surface area is 144 Å². The summed E-state index contributed by atoms with van der Waals surface area (Å²) in [5.41, 5.74) is 4.62. The topological polar surface area (TPSA) is 43.1 Å². The molecule has 5 heteroatoms. The summed E-state index contributed by atoms with van der Waals surface area (Å²) in [4.78, 5) is 0.803. The summed E-state index contributed by atoms with van der Waals surface area (Å²) >= 11 is 1.53. The number of nitrogens with zero attached hydrogens (tertiary/aromatic N) is 4. The largest absolute Gasteiger partial charge is 0.235 e. The fourth-order valence-corrected chi connectivity index (χ4v) is 3.46. The molecule has 118 valence electrons. The molecule has 0 saturated heterocycles. The van der Waals surface area contributed by atoms with Gasteiger partial charge in [0, 0.05) is 5.56 Å². The highest BCUT2D eigenvalue weighted by Gasteiger charge is 2.12. The minimum Gasteiger partial charge on any atom is -0.182 e. The van der Waals surface area contributed by atoms with Gasteiger partial charge in [0.25, 0.3) is 0 Å². The molecule has 0 aliphatic heterocycles. The molecule has 0 unspecified atom stereocenters. The summed E-state index contributed by atoms with van der Waals surface area (Å²) in [5, 5.41) is 14.1. The number of hydrogen-bond acceptors (Lipinski definition) is 4. The van der Waals surface area contributed by atoms with Gasteiger partial charge >= 0.3 is 0 Å². The van der Waals surface area contributed by atoms with Crippen molar-refractivity contribution in [1.82, 2.24) is 19.8 Å². The molecule has 0 saturated carbocycles. The fourth-order valence-electron chi connectivity index (χ4n) is 2.71. The van der Waals surface area contributed by atoms with Crippen LogP contribution in [0.25, 0.3) is 28.5 Å². The monoisotopic (exact) mass is 332 g/mol. The highest BCUT2D eigenvalue weighted by Crippen LogP contribution is 2.24. The van der Waals surface area contributed by atoms with Crippen LogP contribution in [0, 0.1) is 13.8 Å². The van der Waals surface area contributed by atoms with E-state index in [0.29, 0.717) is 0 Å². The first-order valence-electron chi connectivity index (χ1n) is 7.73. The first-order valence-corrected chi connectivity index (χ1v) is 8.55. The van der Waals surface area contributed by atoms with Crippen molar-refractivity contribution < 1.29 is 0 Å². The lowest BCUT2D eigenvalue weighted by Gasteiger charge is -2.01. The van der Waals surface area contributed by atoms with Crippen molar-refractivity contribution >= 4 is 28.4 Å². The summed E-state index contributed by atoms with van der Waals surface area (Å²) < 4.78 is 1.82. The highest BCUT2D eigenvalue weighted by atomic mass is 32.1. The maximum absolute atomic E-state index is 4.65. The molecule has 0 aliphatic rings. The molecule has 2 aromatic carbocycles. The molecular formula is C19H16N4S. The molecule has 4 rings (SSSR count). The summed E-state index contributed by atoms with van der Waals surface area (Å²) in [7, 11) is 0. The third kappa shape index (κ3) is 2.86. The second-order valence-corrected chi connectivity index (χ2v) is 6.77. The van der Waals surface area contributed by atoms with Crippen molar-refractivity contribution in [2.45, 2.75) is 13.8 Å². The first kappa shape index (κ1) is 14.8. The van der Waals surface area contributed by atoms with E-state index in [-0.39, 0.29) is 0 Å². The average Bonchev–Trinajstić information content (AvgIpc) is 3.13. The standard InChI is InChI=1S/C19H16N4S/c1-13-10-14(2)12-16(11-13)18-20-21-19-23(18)22-17(24-19)9-8-15-6-4-3-5-7-15/h3-12H,1-2H3. The lowest BCUT2D eigenvalue weighted by molar-refractivity contribution is 0.959. The Balaban J connectivity index is 1.72. The zero-order chi connectivity index (χ0) is 16.5. The molecular weight excluding hydrogens is 316 g/mol. The van der Waals surface area contributed by atoms with E-state index in [2.05, 4.69) is 65.6 Å². The van der Waals surface area contributed by atoms with E-state index in [1.807, 2.05) is 28.8 Å². The lowest BCUT2D eigenvalue weighted by atomic mass is 10.1. The molecule has 4 nitrogen and oxygen atoms in total. The smallest absolute Gasteiger partial charge is 0.182 e. The van der Waals surface area contributed by atoms with E-state index in [1.54, 1.807) is 0 Å². The maximum Gasteiger partial charge on any atom is 0.235 e. The first-order chi connectivity index (χ1) is 11.7. The summed E-state index contributed by atoms with van der Waals surface area (Å²) in [5.74, 6) is 0.785. The SMILES string of the molecule is Cc1cc(C)cc(-c2nnc3sc(C=Cc4ccccc4)nn23)c1. The number of aryl methyl sites for hydroxylation is 2. The van der Waals surface area contributed by atoms with E-state index in [9.17, 15) is 0 Å². The fraction of sp³-hybridized carbons (Fsp3) is 0.105. The Bertz CT molecular complexity index is 1010. The number of aromatic nitrogens is 4. The molecule has 24 heavy (non-hydrogen) atoms. The van der Waals surface area contributed by atoms with Gasteiger partial charge in [-0.15, -0.1) is 10.2 Å². The molecule has 2 heterocycles. The zero-order valence-electron chi connectivity index (χ0n) is 13.5. The van der Waals surface area contributed by atoms with Crippen molar-refractivity contribution in [3.63, 3.8) is 0 Å². The van der Waals surface area contributed by atoms with Crippen molar-refractivity contribution in [3.05, 3.63) is 70.2 Å². The van der Waals surface area contributed by atoms with Crippen molar-refractivity contribution in [1.29, 1.82) is 0 Å². The molecule has 0 amide bonds. The number of rotatable bonds is 3. The Hall–Kier alpha value is -2.79. The van der Waals surface area contributed by atoms with Gasteiger partial charge in [0.1, 0.15) is 5.01 Å². The van der Waals surface area contributed by atoms with E-state index >= 15 is 0 Å². The quantitative estimate of drug-likeness (QED) is 0.549. The van der Waals surface area contributed by atoms with Gasteiger partial charge in [0.2, 0.25) is 4.96 Å². The van der Waals surface area contributed by atoms with Gasteiger partial charge in [-0.1, -0.05) is 64.9 Å². The van der Waals surface area contributed by atoms with Crippen LogP contribution >= 0.6 is 11.3 Å². The average molecular weight is 332 g/mol. The molecule has 0 N–H and O–H groups in total. The Morgan fingerprint density at radius 1 is 0.917 bits per heavy atom. The summed E-state index contributed by atoms with van der Waals surface area (Å²) in [6.45, 7) is 4.17.